The minimum absolute atomic E-state index is 0.00684. The summed E-state index contributed by atoms with van der Waals surface area (Å²) in [6.45, 7) is 0.154. The van der Waals surface area contributed by atoms with Gasteiger partial charge in [0, 0.05) is 13.1 Å². The molecule has 1 heterocycles. The Labute approximate surface area is 192 Å². The molecule has 33 heavy (non-hydrogen) atoms. The topological polar surface area (TPSA) is 90.0 Å². The highest BCUT2D eigenvalue weighted by atomic mass is 32.2. The number of sulfonamides is 1. The molecule has 0 amide bonds. The van der Waals surface area contributed by atoms with E-state index in [9.17, 15) is 18.0 Å². The summed E-state index contributed by atoms with van der Waals surface area (Å²) in [6.07, 6.45) is 0.627. The van der Waals surface area contributed by atoms with Gasteiger partial charge in [-0.05, 0) is 47.9 Å². The maximum atomic E-state index is 13.2. The van der Waals surface area contributed by atoms with Crippen LogP contribution in [0.3, 0.4) is 0 Å². The zero-order chi connectivity index (χ0) is 23.4. The first-order chi connectivity index (χ1) is 15.9. The summed E-state index contributed by atoms with van der Waals surface area (Å²) in [6, 6.07) is 20.1. The van der Waals surface area contributed by atoms with Crippen LogP contribution in [-0.4, -0.2) is 44.7 Å². The van der Waals surface area contributed by atoms with Crippen molar-refractivity contribution in [2.45, 2.75) is 17.9 Å². The monoisotopic (exact) mass is 465 g/mol. The Morgan fingerprint density at radius 1 is 0.939 bits per heavy atom. The van der Waals surface area contributed by atoms with Crippen molar-refractivity contribution in [2.75, 3.05) is 20.3 Å². The number of benzene rings is 3. The minimum Gasteiger partial charge on any atom is -0.496 e. The Morgan fingerprint density at radius 2 is 1.67 bits per heavy atom. The molecule has 3 aromatic carbocycles. The standard InChI is InChI=1S/C25H23NO6S/c1-31-24-12-5-4-11-22(24)23(27)17-32-25(28)19-9-6-10-21(15-19)33(29,30)26-14-13-18-7-2-3-8-20(18)16-26/h2-12,15H,13-14,16-17H2,1H3. The molecule has 0 bridgehead atoms. The van der Waals surface area contributed by atoms with Crippen molar-refractivity contribution in [3.63, 3.8) is 0 Å². The third kappa shape index (κ3) is 4.81. The smallest absolute Gasteiger partial charge is 0.338 e. The van der Waals surface area contributed by atoms with Gasteiger partial charge in [-0.3, -0.25) is 4.79 Å². The van der Waals surface area contributed by atoms with Gasteiger partial charge in [-0.25, -0.2) is 13.2 Å². The molecule has 0 N–H and O–H groups in total. The van der Waals surface area contributed by atoms with Crippen LogP contribution in [0.1, 0.15) is 31.8 Å². The molecular formula is C25H23NO6S. The molecule has 0 unspecified atom stereocenters. The van der Waals surface area contributed by atoms with Crippen molar-refractivity contribution in [3.8, 4) is 5.75 Å². The first-order valence-corrected chi connectivity index (χ1v) is 11.8. The van der Waals surface area contributed by atoms with Crippen LogP contribution in [0.25, 0.3) is 0 Å². The molecule has 0 saturated heterocycles. The molecule has 1 aliphatic rings. The molecule has 0 atom stereocenters. The van der Waals surface area contributed by atoms with Crippen molar-refractivity contribution < 1.29 is 27.5 Å². The van der Waals surface area contributed by atoms with Crippen LogP contribution in [0.4, 0.5) is 0 Å². The number of esters is 1. The fourth-order valence-electron chi connectivity index (χ4n) is 3.77. The van der Waals surface area contributed by atoms with Crippen LogP contribution in [0, 0.1) is 0 Å². The van der Waals surface area contributed by atoms with E-state index in [1.165, 1.54) is 35.7 Å². The first-order valence-electron chi connectivity index (χ1n) is 10.4. The average Bonchev–Trinajstić information content (AvgIpc) is 2.86. The Hall–Kier alpha value is -3.49. The quantitative estimate of drug-likeness (QED) is 0.392. The lowest BCUT2D eigenvalue weighted by Gasteiger charge is -2.28. The van der Waals surface area contributed by atoms with Gasteiger partial charge in [-0.1, -0.05) is 42.5 Å². The summed E-state index contributed by atoms with van der Waals surface area (Å²) in [5, 5.41) is 0. The summed E-state index contributed by atoms with van der Waals surface area (Å²) < 4.78 is 38.1. The fourth-order valence-corrected chi connectivity index (χ4v) is 5.24. The zero-order valence-electron chi connectivity index (χ0n) is 18.1. The second kappa shape index (κ2) is 9.56. The van der Waals surface area contributed by atoms with Gasteiger partial charge in [0.1, 0.15) is 5.75 Å². The van der Waals surface area contributed by atoms with Gasteiger partial charge < -0.3 is 9.47 Å². The van der Waals surface area contributed by atoms with E-state index in [0.717, 1.165) is 11.1 Å². The average molecular weight is 466 g/mol. The minimum atomic E-state index is -3.80. The SMILES string of the molecule is COc1ccccc1C(=O)COC(=O)c1cccc(S(=O)(=O)N2CCc3ccccc3C2)c1. The van der Waals surface area contributed by atoms with Crippen LogP contribution >= 0.6 is 0 Å². The fraction of sp³-hybridized carbons (Fsp3) is 0.200. The summed E-state index contributed by atoms with van der Waals surface area (Å²) in [5.41, 5.74) is 2.47. The number of methoxy groups -OCH3 is 1. The number of hydrogen-bond donors (Lipinski definition) is 0. The van der Waals surface area contributed by atoms with Crippen LogP contribution < -0.4 is 4.74 Å². The second-order valence-electron chi connectivity index (χ2n) is 7.58. The van der Waals surface area contributed by atoms with E-state index in [1.54, 1.807) is 24.3 Å². The summed E-state index contributed by atoms with van der Waals surface area (Å²) in [5.74, 6) is -0.814. The van der Waals surface area contributed by atoms with Crippen molar-refractivity contribution in [1.29, 1.82) is 0 Å². The van der Waals surface area contributed by atoms with Gasteiger partial charge in [-0.15, -0.1) is 0 Å². The Balaban J connectivity index is 1.47. The molecule has 8 heteroatoms. The molecular weight excluding hydrogens is 442 g/mol. The van der Waals surface area contributed by atoms with Gasteiger partial charge in [0.2, 0.25) is 15.8 Å². The molecule has 0 radical (unpaired) electrons. The van der Waals surface area contributed by atoms with E-state index < -0.39 is 28.4 Å². The summed E-state index contributed by atoms with van der Waals surface area (Å²) >= 11 is 0. The number of carbonyl (C=O) groups is 2. The Bertz CT molecular complexity index is 1300. The Morgan fingerprint density at radius 3 is 2.45 bits per heavy atom. The summed E-state index contributed by atoms with van der Waals surface area (Å²) in [7, 11) is -2.35. The van der Waals surface area contributed by atoms with Crippen LogP contribution in [0.15, 0.2) is 77.7 Å². The highest BCUT2D eigenvalue weighted by molar-refractivity contribution is 7.89. The zero-order valence-corrected chi connectivity index (χ0v) is 18.9. The lowest BCUT2D eigenvalue weighted by Crippen LogP contribution is -2.36. The van der Waals surface area contributed by atoms with Gasteiger partial charge >= 0.3 is 5.97 Å². The lowest BCUT2D eigenvalue weighted by molar-refractivity contribution is 0.0473. The number of para-hydroxylation sites is 1. The van der Waals surface area contributed by atoms with E-state index in [4.69, 9.17) is 9.47 Å². The number of ether oxygens (including phenoxy) is 2. The summed E-state index contributed by atoms with van der Waals surface area (Å²) in [4.78, 5) is 25.0. The molecule has 3 aromatic rings. The maximum Gasteiger partial charge on any atom is 0.338 e. The van der Waals surface area contributed by atoms with Crippen molar-refractivity contribution >= 4 is 21.8 Å². The van der Waals surface area contributed by atoms with Crippen molar-refractivity contribution in [1.82, 2.24) is 4.31 Å². The molecule has 0 fully saturated rings. The number of hydrogen-bond acceptors (Lipinski definition) is 6. The largest absolute Gasteiger partial charge is 0.496 e. The molecule has 1 aliphatic heterocycles. The number of carbonyl (C=O) groups excluding carboxylic acids is 2. The third-order valence-corrected chi connectivity index (χ3v) is 7.39. The normalized spacial score (nSPS) is 13.7. The molecule has 4 rings (SSSR count). The van der Waals surface area contributed by atoms with Crippen molar-refractivity contribution in [2.24, 2.45) is 0 Å². The van der Waals surface area contributed by atoms with E-state index in [-0.39, 0.29) is 17.0 Å². The molecule has 0 spiro atoms. The number of fused-ring (bicyclic) bond motifs is 1. The predicted molar refractivity (Wildman–Crippen MR) is 122 cm³/mol. The van der Waals surface area contributed by atoms with Crippen LogP contribution in [0.5, 0.6) is 5.75 Å². The second-order valence-corrected chi connectivity index (χ2v) is 9.52. The molecule has 170 valence electrons. The first kappa shape index (κ1) is 22.7. The molecule has 0 aromatic heterocycles. The number of ketones is 1. The lowest BCUT2D eigenvalue weighted by atomic mass is 10.0. The molecule has 0 saturated carbocycles. The van der Waals surface area contributed by atoms with E-state index in [0.29, 0.717) is 24.3 Å². The predicted octanol–water partition coefficient (Wildman–Crippen LogP) is 3.48. The van der Waals surface area contributed by atoms with Gasteiger partial charge in [0.25, 0.3) is 0 Å². The number of Topliss-reactive ketones (excluding diaryl/α,β-unsaturated/α-hetero) is 1. The van der Waals surface area contributed by atoms with Crippen LogP contribution in [-0.2, 0) is 27.7 Å². The van der Waals surface area contributed by atoms with Gasteiger partial charge in [0.05, 0.1) is 23.1 Å². The highest BCUT2D eigenvalue weighted by Gasteiger charge is 2.29. The molecule has 0 aliphatic carbocycles. The number of nitrogens with zero attached hydrogens (tertiary/aromatic N) is 1. The van der Waals surface area contributed by atoms with Gasteiger partial charge in [-0.2, -0.15) is 4.31 Å². The highest BCUT2D eigenvalue weighted by Crippen LogP contribution is 2.25. The van der Waals surface area contributed by atoms with E-state index in [1.807, 2.05) is 24.3 Å². The van der Waals surface area contributed by atoms with Crippen molar-refractivity contribution in [3.05, 3.63) is 95.1 Å². The van der Waals surface area contributed by atoms with E-state index in [2.05, 4.69) is 0 Å². The maximum absolute atomic E-state index is 13.2. The van der Waals surface area contributed by atoms with E-state index >= 15 is 0 Å². The third-order valence-electron chi connectivity index (χ3n) is 5.54. The number of rotatable bonds is 7. The van der Waals surface area contributed by atoms with Crippen LogP contribution in [0.2, 0.25) is 0 Å². The Kier molecular flexibility index (Phi) is 6.57. The van der Waals surface area contributed by atoms with Gasteiger partial charge in [0.15, 0.2) is 6.61 Å². The molecule has 7 nitrogen and oxygen atoms in total.